The molecule has 0 aliphatic heterocycles. The molecule has 7 heteroatoms. The molecular formula is C19H18ClN3O2S. The average Bonchev–Trinajstić information content (AvgIpc) is 3.09. The Morgan fingerprint density at radius 2 is 2.08 bits per heavy atom. The minimum atomic E-state index is 0.0179. The van der Waals surface area contributed by atoms with Crippen molar-refractivity contribution in [1.29, 1.82) is 0 Å². The molecule has 2 aromatic heterocycles. The Kier molecular flexibility index (Phi) is 6.20. The molecule has 2 heterocycles. The second kappa shape index (κ2) is 8.78. The van der Waals surface area contributed by atoms with Gasteiger partial charge in [0.05, 0.1) is 12.1 Å². The number of ether oxygens (including phenoxy) is 1. The van der Waals surface area contributed by atoms with Gasteiger partial charge in [0.2, 0.25) is 5.91 Å². The molecule has 3 rings (SSSR count). The summed E-state index contributed by atoms with van der Waals surface area (Å²) >= 11 is 7.34. The number of carbonyl (C=O) groups excluding carboxylic acids is 1. The highest BCUT2D eigenvalue weighted by Crippen LogP contribution is 2.18. The number of halogens is 1. The molecule has 134 valence electrons. The van der Waals surface area contributed by atoms with Crippen molar-refractivity contribution in [1.82, 2.24) is 14.9 Å². The van der Waals surface area contributed by atoms with Gasteiger partial charge in [-0.25, -0.2) is 4.98 Å². The topological polar surface area (TPSA) is 55.3 Å². The van der Waals surface area contributed by atoms with E-state index in [9.17, 15) is 4.79 Å². The first-order valence-corrected chi connectivity index (χ1v) is 9.30. The fourth-order valence-electron chi connectivity index (χ4n) is 2.32. The molecular weight excluding hydrogens is 370 g/mol. The summed E-state index contributed by atoms with van der Waals surface area (Å²) < 4.78 is 5.68. The molecule has 0 aliphatic rings. The predicted molar refractivity (Wildman–Crippen MR) is 102 cm³/mol. The van der Waals surface area contributed by atoms with E-state index in [-0.39, 0.29) is 12.3 Å². The van der Waals surface area contributed by atoms with E-state index < -0.39 is 0 Å². The van der Waals surface area contributed by atoms with Crippen molar-refractivity contribution in [2.45, 2.75) is 19.6 Å². The van der Waals surface area contributed by atoms with Crippen LogP contribution in [0.2, 0.25) is 5.02 Å². The molecule has 0 aliphatic carbocycles. The summed E-state index contributed by atoms with van der Waals surface area (Å²) in [4.78, 5) is 22.6. The first-order chi connectivity index (χ1) is 12.6. The quantitative estimate of drug-likeness (QED) is 0.615. The number of carbonyl (C=O) groups is 1. The van der Waals surface area contributed by atoms with E-state index >= 15 is 0 Å². The molecule has 0 spiro atoms. The van der Waals surface area contributed by atoms with Crippen LogP contribution in [0.15, 0.2) is 54.2 Å². The number of thiazole rings is 1. The molecule has 0 atom stereocenters. The largest absolute Gasteiger partial charge is 0.486 e. The molecule has 0 saturated carbocycles. The van der Waals surface area contributed by atoms with Gasteiger partial charge in [0.25, 0.3) is 0 Å². The minimum absolute atomic E-state index is 0.0179. The lowest BCUT2D eigenvalue weighted by Gasteiger charge is -2.16. The van der Waals surface area contributed by atoms with Crippen molar-refractivity contribution >= 4 is 28.8 Å². The van der Waals surface area contributed by atoms with E-state index in [1.54, 1.807) is 36.5 Å². The Labute approximate surface area is 161 Å². The maximum Gasteiger partial charge on any atom is 0.228 e. The summed E-state index contributed by atoms with van der Waals surface area (Å²) in [6, 6.07) is 11.0. The van der Waals surface area contributed by atoms with Gasteiger partial charge in [-0.15, -0.1) is 11.3 Å². The molecule has 0 fully saturated rings. The van der Waals surface area contributed by atoms with E-state index in [4.69, 9.17) is 16.3 Å². The van der Waals surface area contributed by atoms with Crippen molar-refractivity contribution in [3.05, 3.63) is 75.5 Å². The third-order valence-electron chi connectivity index (χ3n) is 3.68. The molecule has 1 aromatic carbocycles. The number of amides is 1. The van der Waals surface area contributed by atoms with Gasteiger partial charge in [-0.2, -0.15) is 0 Å². The number of likely N-dealkylation sites (N-methyl/N-ethyl adjacent to an activating group) is 1. The van der Waals surface area contributed by atoms with E-state index in [1.807, 2.05) is 29.6 Å². The zero-order chi connectivity index (χ0) is 18.4. The maximum absolute atomic E-state index is 12.4. The number of rotatable bonds is 7. The van der Waals surface area contributed by atoms with Crippen molar-refractivity contribution in [3.8, 4) is 5.75 Å². The highest BCUT2D eigenvalue weighted by molar-refractivity contribution is 7.09. The summed E-state index contributed by atoms with van der Waals surface area (Å²) in [7, 11) is 1.78. The average molecular weight is 388 g/mol. The monoisotopic (exact) mass is 387 g/mol. The SMILES string of the molecule is CN(Cc1cccnc1)C(=O)Cc1csc(COc2ccc(Cl)cc2)n1. The fourth-order valence-corrected chi connectivity index (χ4v) is 3.15. The fraction of sp³-hybridized carbons (Fsp3) is 0.211. The molecule has 3 aromatic rings. The van der Waals surface area contributed by atoms with Crippen LogP contribution in [0.25, 0.3) is 0 Å². The molecule has 0 saturated heterocycles. The van der Waals surface area contributed by atoms with Crippen molar-refractivity contribution < 1.29 is 9.53 Å². The Morgan fingerprint density at radius 3 is 2.81 bits per heavy atom. The number of aromatic nitrogens is 2. The molecule has 0 bridgehead atoms. The Hall–Kier alpha value is -2.44. The van der Waals surface area contributed by atoms with E-state index in [2.05, 4.69) is 9.97 Å². The molecule has 0 unspecified atom stereocenters. The van der Waals surface area contributed by atoms with Crippen molar-refractivity contribution in [2.24, 2.45) is 0 Å². The Balaban J connectivity index is 1.51. The van der Waals surface area contributed by atoms with Crippen LogP contribution in [-0.2, 0) is 24.4 Å². The van der Waals surface area contributed by atoms with Gasteiger partial charge < -0.3 is 9.64 Å². The van der Waals surface area contributed by atoms with E-state index in [0.29, 0.717) is 18.2 Å². The zero-order valence-electron chi connectivity index (χ0n) is 14.3. The summed E-state index contributed by atoms with van der Waals surface area (Å²) in [5.41, 5.74) is 1.76. The van der Waals surface area contributed by atoms with Crippen LogP contribution in [-0.4, -0.2) is 27.8 Å². The third-order valence-corrected chi connectivity index (χ3v) is 4.80. The smallest absolute Gasteiger partial charge is 0.228 e. The van der Waals surface area contributed by atoms with Gasteiger partial charge in [0.1, 0.15) is 17.4 Å². The maximum atomic E-state index is 12.4. The first kappa shape index (κ1) is 18.4. The lowest BCUT2D eigenvalue weighted by atomic mass is 10.2. The summed E-state index contributed by atoms with van der Waals surface area (Å²) in [5, 5.41) is 3.40. The summed E-state index contributed by atoms with van der Waals surface area (Å²) in [6.07, 6.45) is 3.75. The van der Waals surface area contributed by atoms with Gasteiger partial charge in [0, 0.05) is 36.4 Å². The van der Waals surface area contributed by atoms with Gasteiger partial charge in [-0.05, 0) is 35.9 Å². The molecule has 0 N–H and O–H groups in total. The Morgan fingerprint density at radius 1 is 1.27 bits per heavy atom. The van der Waals surface area contributed by atoms with Crippen LogP contribution in [0.4, 0.5) is 0 Å². The van der Waals surface area contributed by atoms with Crippen LogP contribution in [0.1, 0.15) is 16.3 Å². The van der Waals surface area contributed by atoms with Crippen LogP contribution >= 0.6 is 22.9 Å². The lowest BCUT2D eigenvalue weighted by Crippen LogP contribution is -2.27. The highest BCUT2D eigenvalue weighted by atomic mass is 35.5. The van der Waals surface area contributed by atoms with Crippen molar-refractivity contribution in [2.75, 3.05) is 7.05 Å². The molecule has 1 amide bonds. The Bertz CT molecular complexity index is 853. The molecule has 26 heavy (non-hydrogen) atoms. The minimum Gasteiger partial charge on any atom is -0.486 e. The molecule has 0 radical (unpaired) electrons. The van der Waals surface area contributed by atoms with Crippen LogP contribution in [0.3, 0.4) is 0 Å². The van der Waals surface area contributed by atoms with Gasteiger partial charge >= 0.3 is 0 Å². The summed E-state index contributed by atoms with van der Waals surface area (Å²) in [5.74, 6) is 0.753. The number of pyridine rings is 1. The van der Waals surface area contributed by atoms with Gasteiger partial charge in [-0.1, -0.05) is 17.7 Å². The lowest BCUT2D eigenvalue weighted by molar-refractivity contribution is -0.129. The van der Waals surface area contributed by atoms with Crippen LogP contribution < -0.4 is 4.74 Å². The second-order valence-corrected chi connectivity index (χ2v) is 7.14. The summed E-state index contributed by atoms with van der Waals surface area (Å²) in [6.45, 7) is 0.898. The van der Waals surface area contributed by atoms with Gasteiger partial charge in [-0.3, -0.25) is 9.78 Å². The van der Waals surface area contributed by atoms with E-state index in [0.717, 1.165) is 22.0 Å². The first-order valence-electron chi connectivity index (χ1n) is 8.04. The van der Waals surface area contributed by atoms with Crippen molar-refractivity contribution in [3.63, 3.8) is 0 Å². The molecule has 5 nitrogen and oxygen atoms in total. The number of benzene rings is 1. The predicted octanol–water partition coefficient (Wildman–Crippen LogP) is 3.97. The number of hydrogen-bond donors (Lipinski definition) is 0. The van der Waals surface area contributed by atoms with Crippen LogP contribution in [0.5, 0.6) is 5.75 Å². The third kappa shape index (κ3) is 5.28. The number of nitrogens with zero attached hydrogens (tertiary/aromatic N) is 3. The standard InChI is InChI=1S/C19H18ClN3O2S/c1-23(11-14-3-2-8-21-10-14)19(24)9-16-13-26-18(22-16)12-25-17-6-4-15(20)5-7-17/h2-8,10,13H,9,11-12H2,1H3. The number of hydrogen-bond acceptors (Lipinski definition) is 5. The van der Waals surface area contributed by atoms with Crippen LogP contribution in [0, 0.1) is 0 Å². The normalized spacial score (nSPS) is 10.5. The zero-order valence-corrected chi connectivity index (χ0v) is 15.8. The highest BCUT2D eigenvalue weighted by Gasteiger charge is 2.13. The van der Waals surface area contributed by atoms with Gasteiger partial charge in [0.15, 0.2) is 0 Å². The van der Waals surface area contributed by atoms with E-state index in [1.165, 1.54) is 11.3 Å². The second-order valence-electron chi connectivity index (χ2n) is 5.76.